The average Bonchev–Trinajstić information content (AvgIpc) is 3.12. The Morgan fingerprint density at radius 1 is 1.22 bits per heavy atom. The number of hydrogen-bond donors (Lipinski definition) is 2. The van der Waals surface area contributed by atoms with Crippen LogP contribution in [0.15, 0.2) is 24.3 Å². The Balaban J connectivity index is 2.00. The van der Waals surface area contributed by atoms with Crippen LogP contribution in [0.3, 0.4) is 0 Å². The van der Waals surface area contributed by atoms with Crippen molar-refractivity contribution in [3.8, 4) is 5.75 Å². The van der Waals surface area contributed by atoms with Gasteiger partial charge in [0.25, 0.3) is 0 Å². The number of nitrogens with zero attached hydrogens (tertiary/aromatic N) is 1. The van der Waals surface area contributed by atoms with Crippen molar-refractivity contribution in [2.75, 3.05) is 6.54 Å². The van der Waals surface area contributed by atoms with Gasteiger partial charge in [-0.25, -0.2) is 0 Å². The number of carbonyl (C=O) groups excluding carboxylic acids is 1. The van der Waals surface area contributed by atoms with Crippen LogP contribution >= 0.6 is 0 Å². The number of phenols is 1. The largest absolute Gasteiger partial charge is 0.508 e. The summed E-state index contributed by atoms with van der Waals surface area (Å²) in [6.45, 7) is -0.235. The van der Waals surface area contributed by atoms with Crippen LogP contribution in [0.4, 0.5) is 0 Å². The van der Waals surface area contributed by atoms with Crippen molar-refractivity contribution >= 4 is 11.9 Å². The normalized spacial score (nSPS) is 14.2. The Bertz CT molecular complexity index is 451. The van der Waals surface area contributed by atoms with Crippen molar-refractivity contribution in [1.29, 1.82) is 0 Å². The van der Waals surface area contributed by atoms with Gasteiger partial charge in [0.05, 0.1) is 6.42 Å². The third-order valence-corrected chi connectivity index (χ3v) is 2.91. The van der Waals surface area contributed by atoms with Crippen LogP contribution in [0.2, 0.25) is 0 Å². The lowest BCUT2D eigenvalue weighted by Crippen LogP contribution is -2.38. The van der Waals surface area contributed by atoms with Gasteiger partial charge in [-0.2, -0.15) is 0 Å². The number of amides is 1. The maximum atomic E-state index is 12.0. The fourth-order valence-electron chi connectivity index (χ4n) is 1.84. The molecule has 96 valence electrons. The summed E-state index contributed by atoms with van der Waals surface area (Å²) in [6.07, 6.45) is 1.94. The molecule has 0 unspecified atom stereocenters. The van der Waals surface area contributed by atoms with E-state index in [4.69, 9.17) is 10.2 Å². The van der Waals surface area contributed by atoms with Crippen molar-refractivity contribution in [3.05, 3.63) is 29.8 Å². The molecular formula is C13H15NO4. The molecule has 0 heterocycles. The number of carboxylic acids is 1. The molecule has 1 saturated carbocycles. The van der Waals surface area contributed by atoms with Gasteiger partial charge in [0, 0.05) is 6.04 Å². The van der Waals surface area contributed by atoms with Crippen molar-refractivity contribution in [3.63, 3.8) is 0 Å². The molecule has 0 aliphatic heterocycles. The topological polar surface area (TPSA) is 77.8 Å². The second kappa shape index (κ2) is 5.08. The Morgan fingerprint density at radius 3 is 2.33 bits per heavy atom. The summed E-state index contributed by atoms with van der Waals surface area (Å²) in [5, 5.41) is 17.9. The lowest BCUT2D eigenvalue weighted by molar-refractivity contribution is -0.144. The lowest BCUT2D eigenvalue weighted by atomic mass is 10.1. The standard InChI is InChI=1S/C13H15NO4/c15-11-5-1-9(2-6-11)7-12(16)14(8-13(17)18)10-3-4-10/h1-2,5-6,10,15H,3-4,7-8H2,(H,17,18). The number of aromatic hydroxyl groups is 1. The van der Waals surface area contributed by atoms with Crippen molar-refractivity contribution in [2.24, 2.45) is 0 Å². The first kappa shape index (κ1) is 12.4. The zero-order valence-corrected chi connectivity index (χ0v) is 9.87. The fourth-order valence-corrected chi connectivity index (χ4v) is 1.84. The molecule has 0 saturated heterocycles. The number of carboxylic acid groups (broad SMARTS) is 1. The summed E-state index contributed by atoms with van der Waals surface area (Å²) in [5.41, 5.74) is 0.772. The van der Waals surface area contributed by atoms with Gasteiger partial charge in [0.2, 0.25) is 5.91 Å². The summed E-state index contributed by atoms with van der Waals surface area (Å²) < 4.78 is 0. The van der Waals surface area contributed by atoms with Gasteiger partial charge in [-0.3, -0.25) is 9.59 Å². The predicted molar refractivity (Wildman–Crippen MR) is 64.2 cm³/mol. The minimum Gasteiger partial charge on any atom is -0.508 e. The summed E-state index contributed by atoms with van der Waals surface area (Å²) >= 11 is 0. The van der Waals surface area contributed by atoms with Crippen LogP contribution in [-0.2, 0) is 16.0 Å². The molecule has 2 N–H and O–H groups in total. The van der Waals surface area contributed by atoms with Gasteiger partial charge < -0.3 is 15.1 Å². The number of aliphatic carboxylic acids is 1. The molecule has 1 fully saturated rings. The Hall–Kier alpha value is -2.04. The molecule has 5 nitrogen and oxygen atoms in total. The summed E-state index contributed by atoms with van der Waals surface area (Å²) in [4.78, 5) is 24.2. The Morgan fingerprint density at radius 2 is 1.83 bits per heavy atom. The maximum Gasteiger partial charge on any atom is 0.323 e. The molecule has 1 aromatic carbocycles. The van der Waals surface area contributed by atoms with Crippen LogP contribution in [-0.4, -0.2) is 39.6 Å². The molecule has 0 bridgehead atoms. The van der Waals surface area contributed by atoms with Crippen LogP contribution in [0, 0.1) is 0 Å². The Labute approximate surface area is 105 Å². The molecule has 2 rings (SSSR count). The summed E-state index contributed by atoms with van der Waals surface area (Å²) in [7, 11) is 0. The quantitative estimate of drug-likeness (QED) is 0.816. The highest BCUT2D eigenvalue weighted by atomic mass is 16.4. The first-order chi connectivity index (χ1) is 8.56. The van der Waals surface area contributed by atoms with E-state index in [1.54, 1.807) is 12.1 Å². The smallest absolute Gasteiger partial charge is 0.323 e. The first-order valence-electron chi connectivity index (χ1n) is 5.85. The predicted octanol–water partition coefficient (Wildman–Crippen LogP) is 1.01. The molecule has 1 aromatic rings. The minimum absolute atomic E-state index is 0.0886. The van der Waals surface area contributed by atoms with Gasteiger partial charge >= 0.3 is 5.97 Å². The number of carbonyl (C=O) groups is 2. The first-order valence-corrected chi connectivity index (χ1v) is 5.85. The van der Waals surface area contributed by atoms with Crippen molar-refractivity contribution in [2.45, 2.75) is 25.3 Å². The molecular weight excluding hydrogens is 234 g/mol. The monoisotopic (exact) mass is 249 g/mol. The highest BCUT2D eigenvalue weighted by molar-refractivity contribution is 5.83. The number of phenolic OH excluding ortho intramolecular Hbond substituents is 1. The van der Waals surface area contributed by atoms with Gasteiger partial charge in [-0.15, -0.1) is 0 Å². The van der Waals surface area contributed by atoms with Crippen LogP contribution in [0.25, 0.3) is 0 Å². The van der Waals surface area contributed by atoms with Crippen molar-refractivity contribution < 1.29 is 19.8 Å². The average molecular weight is 249 g/mol. The van der Waals surface area contributed by atoms with Gasteiger partial charge in [-0.05, 0) is 30.5 Å². The van der Waals surface area contributed by atoms with Gasteiger partial charge in [-0.1, -0.05) is 12.1 Å². The summed E-state index contributed by atoms with van der Waals surface area (Å²) in [6, 6.07) is 6.45. The molecule has 0 aromatic heterocycles. The van der Waals surface area contributed by atoms with E-state index >= 15 is 0 Å². The maximum absolute atomic E-state index is 12.0. The summed E-state index contributed by atoms with van der Waals surface area (Å²) in [5.74, 6) is -1.01. The zero-order valence-electron chi connectivity index (χ0n) is 9.87. The fraction of sp³-hybridized carbons (Fsp3) is 0.385. The second-order valence-electron chi connectivity index (χ2n) is 4.49. The van der Waals surface area contributed by atoms with Crippen molar-refractivity contribution in [1.82, 2.24) is 4.90 Å². The van der Waals surface area contributed by atoms with E-state index in [0.29, 0.717) is 0 Å². The number of benzene rings is 1. The molecule has 1 aliphatic carbocycles. The van der Waals surface area contributed by atoms with E-state index in [1.165, 1.54) is 17.0 Å². The molecule has 1 amide bonds. The molecule has 0 spiro atoms. The van der Waals surface area contributed by atoms with Gasteiger partial charge in [0.15, 0.2) is 0 Å². The molecule has 1 aliphatic rings. The molecule has 5 heteroatoms. The van der Waals surface area contributed by atoms with E-state index in [0.717, 1.165) is 18.4 Å². The van der Waals surface area contributed by atoms with E-state index in [1.807, 2.05) is 0 Å². The zero-order chi connectivity index (χ0) is 13.1. The van der Waals surface area contributed by atoms with E-state index in [-0.39, 0.29) is 30.7 Å². The highest BCUT2D eigenvalue weighted by Gasteiger charge is 2.33. The van der Waals surface area contributed by atoms with Gasteiger partial charge in [0.1, 0.15) is 12.3 Å². The van der Waals surface area contributed by atoms with Crippen LogP contribution in [0.5, 0.6) is 5.75 Å². The van der Waals surface area contributed by atoms with E-state index in [9.17, 15) is 9.59 Å². The minimum atomic E-state index is -0.985. The molecule has 0 atom stereocenters. The second-order valence-corrected chi connectivity index (χ2v) is 4.49. The third kappa shape index (κ3) is 3.23. The highest BCUT2D eigenvalue weighted by Crippen LogP contribution is 2.27. The van der Waals surface area contributed by atoms with Crippen LogP contribution in [0.1, 0.15) is 18.4 Å². The van der Waals surface area contributed by atoms with Crippen LogP contribution < -0.4 is 0 Å². The number of hydrogen-bond acceptors (Lipinski definition) is 3. The molecule has 0 radical (unpaired) electrons. The SMILES string of the molecule is O=C(O)CN(C(=O)Cc1ccc(O)cc1)C1CC1. The molecule has 18 heavy (non-hydrogen) atoms. The van der Waals surface area contributed by atoms with E-state index < -0.39 is 5.97 Å². The Kier molecular flexibility index (Phi) is 3.50. The lowest BCUT2D eigenvalue weighted by Gasteiger charge is -2.20. The van der Waals surface area contributed by atoms with E-state index in [2.05, 4.69) is 0 Å². The number of rotatable bonds is 5. The third-order valence-electron chi connectivity index (χ3n) is 2.91.